The number of ketones is 1. The zero-order valence-electron chi connectivity index (χ0n) is 30.6. The molecule has 0 saturated carbocycles. The van der Waals surface area contributed by atoms with Crippen molar-refractivity contribution in [1.29, 1.82) is 0 Å². The zero-order valence-corrected chi connectivity index (χ0v) is 30.6. The number of nitro groups is 1. The molecule has 2 aromatic carbocycles. The lowest BCUT2D eigenvalue weighted by Gasteiger charge is -2.16. The van der Waals surface area contributed by atoms with Gasteiger partial charge in [-0.05, 0) is 36.2 Å². The van der Waals surface area contributed by atoms with Crippen LogP contribution in [0.5, 0.6) is 5.88 Å². The topological polar surface area (TPSA) is 253 Å². The number of ether oxygens (including phenoxy) is 2. The first-order valence-corrected chi connectivity index (χ1v) is 17.2. The van der Waals surface area contributed by atoms with Crippen molar-refractivity contribution in [2.24, 2.45) is 10.9 Å². The van der Waals surface area contributed by atoms with Crippen LogP contribution in [0, 0.1) is 16.0 Å². The number of nitro benzene ring substituents is 1. The van der Waals surface area contributed by atoms with Crippen LogP contribution in [0.4, 0.5) is 17.3 Å². The summed E-state index contributed by atoms with van der Waals surface area (Å²) in [6, 6.07) is 12.6. The summed E-state index contributed by atoms with van der Waals surface area (Å²) in [7, 11) is 3.60. The SMILES string of the molecule is CC(=O)OCCNC(=O)C(CCC(=O)NCCO)C(=O)c1ccc(NCc2cnc3nc(/N=C/N(C)C)nc(OCCc4ccc([N+](=O)[O-])cc4)c3n2)cc1. The average molecular weight is 759 g/mol. The number of nitrogens with zero attached hydrogens (tertiary/aromatic N) is 7. The number of rotatable bonds is 21. The smallest absolute Gasteiger partial charge is 0.302 e. The average Bonchev–Trinajstić information content (AvgIpc) is 3.17. The van der Waals surface area contributed by atoms with Gasteiger partial charge >= 0.3 is 5.97 Å². The minimum absolute atomic E-state index is 0.00636. The van der Waals surface area contributed by atoms with Crippen molar-refractivity contribution in [1.82, 2.24) is 35.5 Å². The molecule has 2 aromatic heterocycles. The molecule has 1 unspecified atom stereocenters. The van der Waals surface area contributed by atoms with E-state index in [1.807, 2.05) is 0 Å². The van der Waals surface area contributed by atoms with E-state index >= 15 is 0 Å². The number of carbonyl (C=O) groups excluding carboxylic acids is 4. The number of carbonyl (C=O) groups is 4. The molecule has 1 atom stereocenters. The highest BCUT2D eigenvalue weighted by atomic mass is 16.6. The Morgan fingerprint density at radius 3 is 2.42 bits per heavy atom. The summed E-state index contributed by atoms with van der Waals surface area (Å²) >= 11 is 0. The Bertz CT molecular complexity index is 1990. The Kier molecular flexibility index (Phi) is 15.4. The van der Waals surface area contributed by atoms with E-state index in [-0.39, 0.29) is 81.0 Å². The van der Waals surface area contributed by atoms with Crippen molar-refractivity contribution in [3.63, 3.8) is 0 Å². The molecule has 19 nitrogen and oxygen atoms in total. The second-order valence-corrected chi connectivity index (χ2v) is 12.2. The van der Waals surface area contributed by atoms with Crippen LogP contribution in [0.15, 0.2) is 59.7 Å². The third-order valence-corrected chi connectivity index (χ3v) is 7.67. The molecule has 55 heavy (non-hydrogen) atoms. The number of hydrogen-bond acceptors (Lipinski definition) is 15. The molecule has 0 aliphatic heterocycles. The molecule has 0 fully saturated rings. The number of non-ortho nitro benzene ring substituents is 1. The molecular formula is C36H42N10O9. The molecule has 0 aliphatic rings. The van der Waals surface area contributed by atoms with Gasteiger partial charge in [-0.25, -0.2) is 15.0 Å². The van der Waals surface area contributed by atoms with Gasteiger partial charge in [-0.3, -0.25) is 29.3 Å². The number of aromatic nitrogens is 4. The normalized spacial score (nSPS) is 11.5. The number of Topliss-reactive ketones (excluding diaryl/α,β-unsaturated/α-hetero) is 1. The van der Waals surface area contributed by atoms with Crippen LogP contribution in [-0.2, 0) is 32.1 Å². The molecule has 2 heterocycles. The maximum absolute atomic E-state index is 13.5. The second-order valence-electron chi connectivity index (χ2n) is 12.2. The van der Waals surface area contributed by atoms with Gasteiger partial charge in [0.2, 0.25) is 17.7 Å². The van der Waals surface area contributed by atoms with E-state index < -0.39 is 34.4 Å². The van der Waals surface area contributed by atoms with Gasteiger partial charge in [0, 0.05) is 63.8 Å². The van der Waals surface area contributed by atoms with Gasteiger partial charge in [-0.15, -0.1) is 0 Å². The molecule has 290 valence electrons. The van der Waals surface area contributed by atoms with Crippen LogP contribution >= 0.6 is 0 Å². The first-order chi connectivity index (χ1) is 26.4. The number of nitrogens with one attached hydrogen (secondary N) is 3. The largest absolute Gasteiger partial charge is 0.476 e. The number of fused-ring (bicyclic) bond motifs is 1. The third-order valence-electron chi connectivity index (χ3n) is 7.67. The van der Waals surface area contributed by atoms with Crippen LogP contribution < -0.4 is 20.7 Å². The van der Waals surface area contributed by atoms with E-state index in [2.05, 4.69) is 40.9 Å². The Morgan fingerprint density at radius 2 is 1.75 bits per heavy atom. The van der Waals surface area contributed by atoms with E-state index in [0.717, 1.165) is 5.56 Å². The minimum atomic E-state index is -1.19. The van der Waals surface area contributed by atoms with Crippen molar-refractivity contribution in [2.45, 2.75) is 32.7 Å². The summed E-state index contributed by atoms with van der Waals surface area (Å²) in [5.74, 6) is -2.95. The summed E-state index contributed by atoms with van der Waals surface area (Å²) in [6.07, 6.45) is 3.32. The number of hydrogen-bond donors (Lipinski definition) is 4. The predicted octanol–water partition coefficient (Wildman–Crippen LogP) is 2.15. The lowest BCUT2D eigenvalue weighted by molar-refractivity contribution is -0.384. The molecule has 0 spiro atoms. The first kappa shape index (κ1) is 41.1. The van der Waals surface area contributed by atoms with E-state index in [0.29, 0.717) is 23.3 Å². The third kappa shape index (κ3) is 13.1. The van der Waals surface area contributed by atoms with Gasteiger partial charge in [0.05, 0.1) is 49.5 Å². The van der Waals surface area contributed by atoms with Gasteiger partial charge in [0.1, 0.15) is 12.5 Å². The van der Waals surface area contributed by atoms with E-state index in [4.69, 9.17) is 14.6 Å². The van der Waals surface area contributed by atoms with Crippen molar-refractivity contribution in [2.75, 3.05) is 52.3 Å². The Labute approximate surface area is 315 Å². The monoisotopic (exact) mass is 758 g/mol. The molecule has 0 bridgehead atoms. The first-order valence-electron chi connectivity index (χ1n) is 17.2. The van der Waals surface area contributed by atoms with Gasteiger partial charge in [0.15, 0.2) is 16.9 Å². The highest BCUT2D eigenvalue weighted by Crippen LogP contribution is 2.24. The molecule has 2 amide bonds. The summed E-state index contributed by atoms with van der Waals surface area (Å²) in [4.78, 5) is 84.2. The predicted molar refractivity (Wildman–Crippen MR) is 200 cm³/mol. The standard InChI is InChI=1S/C36H42N10O9/c1-23(48)54-19-16-38-34(51)29(12-13-30(49)37-15-17-47)32(50)25-6-8-26(9-7-25)39-20-27-21-40-33-31(42-27)35(44-36(43-33)41-22-45(2)3)55-18-14-24-4-10-28(11-5-24)46(52)53/h4-11,21-22,29,39,47H,12-20H2,1-3H3,(H,37,49)(H,38,51)/b41-22+. The highest BCUT2D eigenvalue weighted by molar-refractivity contribution is 6.10. The number of aliphatic hydroxyl groups is 1. The Morgan fingerprint density at radius 1 is 1.00 bits per heavy atom. The number of esters is 1. The molecule has 19 heteroatoms. The van der Waals surface area contributed by atoms with Gasteiger partial charge in [0.25, 0.3) is 11.6 Å². The van der Waals surface area contributed by atoms with Crippen molar-refractivity contribution >= 4 is 58.4 Å². The summed E-state index contributed by atoms with van der Waals surface area (Å²) in [5, 5.41) is 28.3. The molecule has 4 aromatic rings. The van der Waals surface area contributed by atoms with E-state index in [9.17, 15) is 29.3 Å². The molecule has 0 radical (unpaired) electrons. The number of benzene rings is 2. The van der Waals surface area contributed by atoms with Gasteiger partial charge < -0.3 is 35.4 Å². The summed E-state index contributed by atoms with van der Waals surface area (Å²) in [6.45, 7) is 1.37. The van der Waals surface area contributed by atoms with Crippen molar-refractivity contribution in [3.8, 4) is 5.88 Å². The van der Waals surface area contributed by atoms with Crippen molar-refractivity contribution < 1.29 is 38.7 Å². The van der Waals surface area contributed by atoms with E-state index in [1.165, 1.54) is 25.4 Å². The van der Waals surface area contributed by atoms with Gasteiger partial charge in [-0.1, -0.05) is 12.1 Å². The van der Waals surface area contributed by atoms with Gasteiger partial charge in [-0.2, -0.15) is 9.97 Å². The summed E-state index contributed by atoms with van der Waals surface area (Å²) < 4.78 is 10.9. The lowest BCUT2D eigenvalue weighted by Crippen LogP contribution is -2.38. The number of aliphatic hydroxyl groups excluding tert-OH is 1. The van der Waals surface area contributed by atoms with Crippen LogP contribution in [-0.4, -0.2) is 112 Å². The quantitative estimate of drug-likeness (QED) is 0.0139. The Hall–Kier alpha value is -6.63. The maximum atomic E-state index is 13.5. The molecular weight excluding hydrogens is 716 g/mol. The fourth-order valence-electron chi connectivity index (χ4n) is 4.95. The molecule has 0 saturated heterocycles. The van der Waals surface area contributed by atoms with Crippen LogP contribution in [0.1, 0.15) is 41.4 Å². The second kappa shape index (κ2) is 20.6. The summed E-state index contributed by atoms with van der Waals surface area (Å²) in [5.41, 5.74) is 2.78. The van der Waals surface area contributed by atoms with Crippen LogP contribution in [0.25, 0.3) is 11.2 Å². The number of amides is 2. The number of aliphatic imine (C=N–C) groups is 1. The highest BCUT2D eigenvalue weighted by Gasteiger charge is 2.28. The van der Waals surface area contributed by atoms with Crippen LogP contribution in [0.2, 0.25) is 0 Å². The number of anilines is 1. The maximum Gasteiger partial charge on any atom is 0.302 e. The molecule has 4 N–H and O–H groups in total. The van der Waals surface area contributed by atoms with Crippen molar-refractivity contribution in [3.05, 3.63) is 81.7 Å². The fourth-order valence-corrected chi connectivity index (χ4v) is 4.95. The minimum Gasteiger partial charge on any atom is -0.476 e. The fraction of sp³-hybridized carbons (Fsp3) is 0.361. The zero-order chi connectivity index (χ0) is 39.7. The lowest BCUT2D eigenvalue weighted by atomic mass is 9.92. The molecule has 0 aliphatic carbocycles. The Balaban J connectivity index is 1.45. The molecule has 4 rings (SSSR count). The van der Waals surface area contributed by atoms with E-state index in [1.54, 1.807) is 61.6 Å². The van der Waals surface area contributed by atoms with Crippen LogP contribution in [0.3, 0.4) is 0 Å².